The van der Waals surface area contributed by atoms with E-state index in [1.807, 2.05) is 13.1 Å². The van der Waals surface area contributed by atoms with Crippen molar-refractivity contribution in [1.29, 1.82) is 0 Å². The van der Waals surface area contributed by atoms with Crippen LogP contribution in [-0.2, 0) is 22.6 Å². The van der Waals surface area contributed by atoms with Crippen LogP contribution in [0.4, 0.5) is 0 Å². The van der Waals surface area contributed by atoms with E-state index < -0.39 is 58.0 Å². The molecule has 3 aliphatic rings. The summed E-state index contributed by atoms with van der Waals surface area (Å²) in [6.07, 6.45) is 5.44. The minimum Gasteiger partial charge on any atom is -0.510 e. The maximum atomic E-state index is 14.0. The second kappa shape index (κ2) is 10.5. The molecule has 0 fully saturated rings. The number of benzene rings is 1. The number of phenols is 1. The molecule has 11 nitrogen and oxygen atoms in total. The Morgan fingerprint density at radius 3 is 2.55 bits per heavy atom. The maximum Gasteiger partial charge on any atom is 0.255 e. The number of fused-ring (bicyclic) bond motifs is 3. The standard InChI is InChI=1S/C31H34N4O7/c1-5-8-35(4)14-15-9-17(13-33-12-15)18-6-7-21(36)23-19(18)10-16-11-20-25(34(2)3)27(38)24(30(32)41)29(40)31(20,42)28(39)22(16)26(23)37/h5-7,9,12-13,16,20,25,36,38-39,42H,1,8,10-11,14H2,2-4H3,(H2,32,41)/t16-,20-,25-,31-/m0/s1. The van der Waals surface area contributed by atoms with E-state index in [1.165, 1.54) is 11.0 Å². The molecule has 0 aliphatic heterocycles. The number of carbonyl (C=O) groups excluding carboxylic acids is 3. The van der Waals surface area contributed by atoms with Gasteiger partial charge >= 0.3 is 0 Å². The number of amides is 1. The Kier molecular flexibility index (Phi) is 7.30. The Morgan fingerprint density at radius 1 is 1.19 bits per heavy atom. The zero-order valence-electron chi connectivity index (χ0n) is 23.7. The first-order chi connectivity index (χ1) is 19.8. The molecule has 0 saturated heterocycles. The van der Waals surface area contributed by atoms with Gasteiger partial charge in [-0.3, -0.25) is 29.2 Å². The van der Waals surface area contributed by atoms with E-state index in [-0.39, 0.29) is 29.7 Å². The first-order valence-corrected chi connectivity index (χ1v) is 13.6. The summed E-state index contributed by atoms with van der Waals surface area (Å²) >= 11 is 0. The number of phenolic OH excluding ortho intramolecular Hbond substituents is 1. The number of rotatable bonds is 7. The number of hydrogen-bond donors (Lipinski definition) is 5. The molecule has 1 aromatic carbocycles. The molecule has 6 N–H and O–H groups in total. The predicted molar refractivity (Wildman–Crippen MR) is 153 cm³/mol. The fraction of sp³-hybridized carbons (Fsp3) is 0.355. The van der Waals surface area contributed by atoms with E-state index >= 15 is 0 Å². The van der Waals surface area contributed by atoms with Crippen molar-refractivity contribution in [2.75, 3.05) is 27.7 Å². The average Bonchev–Trinajstić information content (AvgIpc) is 2.90. The Hall–Kier alpha value is -4.32. The summed E-state index contributed by atoms with van der Waals surface area (Å²) in [5.74, 6) is -6.80. The van der Waals surface area contributed by atoms with Crippen molar-refractivity contribution in [3.05, 3.63) is 82.6 Å². The number of aromatic nitrogens is 1. The molecule has 0 unspecified atom stereocenters. The van der Waals surface area contributed by atoms with E-state index in [1.54, 1.807) is 38.6 Å². The first kappa shape index (κ1) is 29.2. The summed E-state index contributed by atoms with van der Waals surface area (Å²) in [4.78, 5) is 47.5. The highest BCUT2D eigenvalue weighted by molar-refractivity contribution is 6.24. The number of pyridine rings is 1. The van der Waals surface area contributed by atoms with Gasteiger partial charge in [0.15, 0.2) is 11.4 Å². The number of nitrogens with two attached hydrogens (primary N) is 1. The first-order valence-electron chi connectivity index (χ1n) is 13.6. The molecule has 4 atom stereocenters. The number of aliphatic hydroxyl groups excluding tert-OH is 2. The molecule has 5 rings (SSSR count). The van der Waals surface area contributed by atoms with Gasteiger partial charge in [-0.15, -0.1) is 6.58 Å². The minimum absolute atomic E-state index is 0.0193. The van der Waals surface area contributed by atoms with Crippen molar-refractivity contribution >= 4 is 17.5 Å². The highest BCUT2D eigenvalue weighted by atomic mass is 16.3. The van der Waals surface area contributed by atoms with Gasteiger partial charge in [-0.25, -0.2) is 0 Å². The molecule has 1 heterocycles. The number of carbonyl (C=O) groups is 3. The number of ketones is 2. The number of allylic oxidation sites excluding steroid dienone is 1. The topological polar surface area (TPSA) is 178 Å². The third kappa shape index (κ3) is 4.32. The molecule has 1 amide bonds. The normalized spacial score (nSPS) is 25.4. The molecule has 0 bridgehead atoms. The number of nitrogens with zero attached hydrogens (tertiary/aromatic N) is 3. The van der Waals surface area contributed by atoms with Gasteiger partial charge in [0, 0.05) is 42.5 Å². The van der Waals surface area contributed by atoms with Crippen molar-refractivity contribution in [3.63, 3.8) is 0 Å². The molecule has 11 heteroatoms. The Labute approximate surface area is 242 Å². The maximum absolute atomic E-state index is 14.0. The summed E-state index contributed by atoms with van der Waals surface area (Å²) in [6.45, 7) is 5.06. The molecule has 0 spiro atoms. The van der Waals surface area contributed by atoms with Crippen molar-refractivity contribution in [3.8, 4) is 16.9 Å². The fourth-order valence-corrected chi connectivity index (χ4v) is 6.84. The van der Waals surface area contributed by atoms with Crippen LogP contribution < -0.4 is 5.73 Å². The van der Waals surface area contributed by atoms with Crippen LogP contribution in [0.5, 0.6) is 5.75 Å². The Balaban J connectivity index is 1.65. The van der Waals surface area contributed by atoms with E-state index in [9.17, 15) is 34.8 Å². The largest absolute Gasteiger partial charge is 0.510 e. The second-order valence-corrected chi connectivity index (χ2v) is 11.5. The molecule has 2 aromatic rings. The molecular formula is C31H34N4O7. The lowest BCUT2D eigenvalue weighted by molar-refractivity contribution is -0.148. The van der Waals surface area contributed by atoms with Crippen LogP contribution in [0, 0.1) is 11.8 Å². The predicted octanol–water partition coefficient (Wildman–Crippen LogP) is 1.80. The lowest BCUT2D eigenvalue weighted by atomic mass is 9.58. The second-order valence-electron chi connectivity index (χ2n) is 11.5. The van der Waals surface area contributed by atoms with Crippen molar-refractivity contribution in [1.82, 2.24) is 14.8 Å². The lowest BCUT2D eigenvalue weighted by Gasteiger charge is -2.50. The Morgan fingerprint density at radius 2 is 1.90 bits per heavy atom. The van der Waals surface area contributed by atoms with Crippen molar-refractivity contribution < 1.29 is 34.8 Å². The summed E-state index contributed by atoms with van der Waals surface area (Å²) in [5, 5.41) is 45.0. The number of aromatic hydroxyl groups is 1. The third-order valence-corrected chi connectivity index (χ3v) is 8.61. The number of Topliss-reactive ketones (excluding diaryl/α,β-unsaturated/α-hetero) is 2. The van der Waals surface area contributed by atoms with E-state index in [4.69, 9.17) is 5.73 Å². The van der Waals surface area contributed by atoms with Crippen LogP contribution in [0.25, 0.3) is 11.1 Å². The van der Waals surface area contributed by atoms with Gasteiger partial charge in [0.25, 0.3) is 5.91 Å². The fourth-order valence-electron chi connectivity index (χ4n) is 6.84. The van der Waals surface area contributed by atoms with Crippen molar-refractivity contribution in [2.45, 2.75) is 31.0 Å². The SMILES string of the molecule is C=CCN(C)Cc1cncc(-c2ccc(O)c3c2C[C@H]2C[C@H]4[C@H](N(C)C)C(O)=C(C(N)=O)C(=O)[C@@]4(O)C(O)=C2C3=O)c1. The molecule has 220 valence electrons. The number of likely N-dealkylation sites (N-methyl/N-ethyl adjacent to an activating group) is 2. The minimum atomic E-state index is -2.67. The van der Waals surface area contributed by atoms with Gasteiger partial charge in [0.1, 0.15) is 22.8 Å². The summed E-state index contributed by atoms with van der Waals surface area (Å²) in [7, 11) is 5.14. The highest BCUT2D eigenvalue weighted by Gasteiger charge is 2.63. The number of primary amides is 1. The Bertz CT molecular complexity index is 1590. The van der Waals surface area contributed by atoms with E-state index in [2.05, 4.69) is 16.5 Å². The number of aliphatic hydroxyl groups is 3. The molecule has 0 saturated carbocycles. The highest BCUT2D eigenvalue weighted by Crippen LogP contribution is 2.53. The van der Waals surface area contributed by atoms with Crippen LogP contribution in [0.3, 0.4) is 0 Å². The van der Waals surface area contributed by atoms with E-state index in [0.29, 0.717) is 24.2 Å². The smallest absolute Gasteiger partial charge is 0.255 e. The van der Waals surface area contributed by atoms with E-state index in [0.717, 1.165) is 11.1 Å². The van der Waals surface area contributed by atoms with Gasteiger partial charge in [0.2, 0.25) is 5.78 Å². The van der Waals surface area contributed by atoms with Crippen LogP contribution in [0.2, 0.25) is 0 Å². The molecule has 1 aromatic heterocycles. The van der Waals surface area contributed by atoms with Gasteiger partial charge in [-0.1, -0.05) is 12.1 Å². The zero-order valence-corrected chi connectivity index (χ0v) is 23.7. The summed E-state index contributed by atoms with van der Waals surface area (Å²) in [6, 6.07) is 4.01. The van der Waals surface area contributed by atoms with Crippen LogP contribution in [0.15, 0.2) is 65.9 Å². The van der Waals surface area contributed by atoms with Gasteiger partial charge < -0.3 is 26.2 Å². The van der Waals surface area contributed by atoms with Crippen LogP contribution >= 0.6 is 0 Å². The van der Waals surface area contributed by atoms with Gasteiger partial charge in [-0.05, 0) is 68.7 Å². The molecule has 42 heavy (non-hydrogen) atoms. The molecular weight excluding hydrogens is 540 g/mol. The zero-order chi connectivity index (χ0) is 30.7. The summed E-state index contributed by atoms with van der Waals surface area (Å²) < 4.78 is 0. The van der Waals surface area contributed by atoms with Gasteiger partial charge in [0.05, 0.1) is 11.6 Å². The monoisotopic (exact) mass is 574 g/mol. The lowest BCUT2D eigenvalue weighted by Crippen LogP contribution is -2.63. The third-order valence-electron chi connectivity index (χ3n) is 8.61. The van der Waals surface area contributed by atoms with Crippen molar-refractivity contribution in [2.24, 2.45) is 17.6 Å². The molecule has 0 radical (unpaired) electrons. The van der Waals surface area contributed by atoms with Gasteiger partial charge in [-0.2, -0.15) is 0 Å². The summed E-state index contributed by atoms with van der Waals surface area (Å²) in [5.41, 5.74) is 4.54. The molecule has 3 aliphatic carbocycles. The van der Waals surface area contributed by atoms with Crippen LogP contribution in [0.1, 0.15) is 27.9 Å². The van der Waals surface area contributed by atoms with Crippen LogP contribution in [-0.4, -0.2) is 92.0 Å². The quantitative estimate of drug-likeness (QED) is 0.242. The number of hydrogen-bond acceptors (Lipinski definition) is 10. The average molecular weight is 575 g/mol.